The maximum atomic E-state index is 13.4. The first-order chi connectivity index (χ1) is 13.8. The molecule has 2 aliphatic rings. The van der Waals surface area contributed by atoms with Gasteiger partial charge in [0, 0.05) is 29.8 Å². The lowest BCUT2D eigenvalue weighted by molar-refractivity contribution is -0.120. The average Bonchev–Trinajstić information content (AvgIpc) is 3.41. The van der Waals surface area contributed by atoms with Gasteiger partial charge < -0.3 is 4.90 Å². The Labute approximate surface area is 180 Å². The molecule has 2 aromatic carbocycles. The number of sulfonamides is 1. The van der Waals surface area contributed by atoms with E-state index in [1.165, 1.54) is 4.31 Å². The fourth-order valence-corrected chi connectivity index (χ4v) is 6.01. The fraction of sp³-hybridized carbons (Fsp3) is 0.409. The van der Waals surface area contributed by atoms with Gasteiger partial charge in [0.1, 0.15) is 0 Å². The summed E-state index contributed by atoms with van der Waals surface area (Å²) in [6.45, 7) is 5.16. The molecule has 1 heterocycles. The Balaban J connectivity index is 1.63. The Morgan fingerprint density at radius 1 is 1.10 bits per heavy atom. The number of amides is 1. The molecule has 0 atom stereocenters. The maximum absolute atomic E-state index is 13.4. The molecule has 0 N–H and O–H groups in total. The highest BCUT2D eigenvalue weighted by Gasteiger charge is 2.53. The number of rotatable bonds is 6. The van der Waals surface area contributed by atoms with E-state index in [4.69, 9.17) is 0 Å². The van der Waals surface area contributed by atoms with Crippen molar-refractivity contribution in [1.82, 2.24) is 4.31 Å². The van der Waals surface area contributed by atoms with Crippen LogP contribution in [-0.2, 0) is 26.7 Å². The van der Waals surface area contributed by atoms with Gasteiger partial charge in [-0.3, -0.25) is 4.79 Å². The normalized spacial score (nSPS) is 17.4. The lowest BCUT2D eigenvalue weighted by Crippen LogP contribution is -2.38. The molecule has 1 aliphatic carbocycles. The van der Waals surface area contributed by atoms with Crippen molar-refractivity contribution in [2.45, 2.75) is 43.4 Å². The summed E-state index contributed by atoms with van der Waals surface area (Å²) in [5, 5.41) is 0. The molecule has 1 fully saturated rings. The summed E-state index contributed by atoms with van der Waals surface area (Å²) in [4.78, 5) is 15.6. The van der Waals surface area contributed by atoms with Crippen LogP contribution in [0.5, 0.6) is 0 Å². The number of fused-ring (bicyclic) bond motifs is 1. The predicted molar refractivity (Wildman–Crippen MR) is 118 cm³/mol. The Bertz CT molecular complexity index is 1040. The average molecular weight is 477 g/mol. The minimum Gasteiger partial charge on any atom is -0.311 e. The Morgan fingerprint density at radius 2 is 1.76 bits per heavy atom. The molecule has 29 heavy (non-hydrogen) atoms. The molecule has 5 nitrogen and oxygen atoms in total. The largest absolute Gasteiger partial charge is 0.311 e. The topological polar surface area (TPSA) is 57.7 Å². The number of nitrogens with zero attached hydrogens (tertiary/aromatic N) is 2. The van der Waals surface area contributed by atoms with Crippen molar-refractivity contribution in [2.24, 2.45) is 0 Å². The molecule has 0 saturated heterocycles. The molecular formula is C22H25BrN2O3S. The first-order valence-corrected chi connectivity index (χ1v) is 12.3. The van der Waals surface area contributed by atoms with E-state index in [1.807, 2.05) is 43.0 Å². The van der Waals surface area contributed by atoms with E-state index < -0.39 is 15.4 Å². The summed E-state index contributed by atoms with van der Waals surface area (Å²) in [5.74, 6) is 0.123. The van der Waals surface area contributed by atoms with Crippen LogP contribution in [0.25, 0.3) is 0 Å². The van der Waals surface area contributed by atoms with Crippen LogP contribution < -0.4 is 4.90 Å². The zero-order chi connectivity index (χ0) is 20.8. The van der Waals surface area contributed by atoms with Crippen molar-refractivity contribution < 1.29 is 13.2 Å². The standard InChI is InChI=1S/C22H25BrN2O3S/c1-3-24(4-2)29(27,28)19-9-10-20-16(15-19)11-14-25(20)21(26)22(12-13-22)17-5-7-18(23)8-6-17/h5-10,15H,3-4,11-14H2,1-2H3. The van der Waals surface area contributed by atoms with Crippen molar-refractivity contribution in [3.8, 4) is 0 Å². The van der Waals surface area contributed by atoms with Gasteiger partial charge in [-0.2, -0.15) is 4.31 Å². The molecule has 2 aromatic rings. The summed E-state index contributed by atoms with van der Waals surface area (Å²) in [6.07, 6.45) is 2.39. The van der Waals surface area contributed by atoms with Gasteiger partial charge in [-0.25, -0.2) is 8.42 Å². The number of carbonyl (C=O) groups is 1. The van der Waals surface area contributed by atoms with Gasteiger partial charge >= 0.3 is 0 Å². The minimum atomic E-state index is -3.50. The van der Waals surface area contributed by atoms with E-state index in [-0.39, 0.29) is 5.91 Å². The lowest BCUT2D eigenvalue weighted by atomic mass is 9.94. The van der Waals surface area contributed by atoms with Gasteiger partial charge in [-0.05, 0) is 60.7 Å². The number of hydrogen-bond acceptors (Lipinski definition) is 3. The predicted octanol–water partition coefficient (Wildman–Crippen LogP) is 4.10. The second-order valence-electron chi connectivity index (χ2n) is 7.68. The van der Waals surface area contributed by atoms with Crippen molar-refractivity contribution >= 4 is 37.5 Å². The van der Waals surface area contributed by atoms with E-state index in [9.17, 15) is 13.2 Å². The van der Waals surface area contributed by atoms with Gasteiger partial charge in [0.25, 0.3) is 0 Å². The molecule has 0 aromatic heterocycles. The molecule has 1 amide bonds. The van der Waals surface area contributed by atoms with E-state index in [0.29, 0.717) is 31.0 Å². The van der Waals surface area contributed by atoms with Crippen LogP contribution in [0.3, 0.4) is 0 Å². The van der Waals surface area contributed by atoms with Gasteiger partial charge in [0.15, 0.2) is 0 Å². The monoisotopic (exact) mass is 476 g/mol. The highest BCUT2D eigenvalue weighted by Crippen LogP contribution is 2.51. The summed E-state index contributed by atoms with van der Waals surface area (Å²) in [7, 11) is -3.50. The third-order valence-electron chi connectivity index (χ3n) is 6.09. The second-order valence-corrected chi connectivity index (χ2v) is 10.5. The molecule has 1 aliphatic heterocycles. The first-order valence-electron chi connectivity index (χ1n) is 10.0. The quantitative estimate of drug-likeness (QED) is 0.630. The van der Waals surface area contributed by atoms with Crippen LogP contribution in [0.1, 0.15) is 37.8 Å². The first kappa shape index (κ1) is 20.6. The number of anilines is 1. The third kappa shape index (κ3) is 3.43. The summed E-state index contributed by atoms with van der Waals surface area (Å²) < 4.78 is 28.1. The second kappa shape index (κ2) is 7.52. The highest BCUT2D eigenvalue weighted by atomic mass is 79.9. The van der Waals surface area contributed by atoms with Gasteiger partial charge in [-0.15, -0.1) is 0 Å². The minimum absolute atomic E-state index is 0.123. The van der Waals surface area contributed by atoms with E-state index in [1.54, 1.807) is 18.2 Å². The van der Waals surface area contributed by atoms with Crippen LogP contribution >= 0.6 is 15.9 Å². The van der Waals surface area contributed by atoms with Gasteiger partial charge in [-0.1, -0.05) is 41.9 Å². The van der Waals surface area contributed by atoms with E-state index in [2.05, 4.69) is 15.9 Å². The van der Waals surface area contributed by atoms with Crippen molar-refractivity contribution in [1.29, 1.82) is 0 Å². The van der Waals surface area contributed by atoms with Crippen molar-refractivity contribution in [3.05, 3.63) is 58.1 Å². The van der Waals surface area contributed by atoms with Crippen molar-refractivity contribution in [2.75, 3.05) is 24.5 Å². The smallest absolute Gasteiger partial charge is 0.243 e. The molecule has 1 saturated carbocycles. The summed E-state index contributed by atoms with van der Waals surface area (Å²) >= 11 is 3.45. The molecule has 0 spiro atoms. The zero-order valence-electron chi connectivity index (χ0n) is 16.7. The van der Waals surface area contributed by atoms with Crippen LogP contribution in [0.2, 0.25) is 0 Å². The maximum Gasteiger partial charge on any atom is 0.243 e. The van der Waals surface area contributed by atoms with E-state index >= 15 is 0 Å². The van der Waals surface area contributed by atoms with Crippen LogP contribution in [0, 0.1) is 0 Å². The molecule has 0 bridgehead atoms. The SMILES string of the molecule is CCN(CC)S(=O)(=O)c1ccc2c(c1)CCN2C(=O)C1(c2ccc(Br)cc2)CC1. The lowest BCUT2D eigenvalue weighted by Gasteiger charge is -2.24. The Hall–Kier alpha value is -1.70. The summed E-state index contributed by atoms with van der Waals surface area (Å²) in [6, 6.07) is 13.2. The van der Waals surface area contributed by atoms with Gasteiger partial charge in [0.2, 0.25) is 15.9 Å². The molecule has 0 radical (unpaired) electrons. The van der Waals surface area contributed by atoms with Crippen LogP contribution in [0.4, 0.5) is 5.69 Å². The molecule has 0 unspecified atom stereocenters. The molecule has 154 valence electrons. The number of hydrogen-bond donors (Lipinski definition) is 0. The zero-order valence-corrected chi connectivity index (χ0v) is 19.1. The Morgan fingerprint density at radius 3 is 2.34 bits per heavy atom. The number of benzene rings is 2. The van der Waals surface area contributed by atoms with Gasteiger partial charge in [0.05, 0.1) is 10.3 Å². The molecule has 7 heteroatoms. The van der Waals surface area contributed by atoms with Crippen LogP contribution in [0.15, 0.2) is 51.8 Å². The van der Waals surface area contributed by atoms with E-state index in [0.717, 1.165) is 34.1 Å². The van der Waals surface area contributed by atoms with Crippen molar-refractivity contribution in [3.63, 3.8) is 0 Å². The highest BCUT2D eigenvalue weighted by molar-refractivity contribution is 9.10. The molecule has 4 rings (SSSR count). The Kier molecular flexibility index (Phi) is 5.34. The molecular weight excluding hydrogens is 452 g/mol. The number of halogens is 1. The van der Waals surface area contributed by atoms with Crippen LogP contribution in [-0.4, -0.2) is 38.3 Å². The number of carbonyl (C=O) groups excluding carboxylic acids is 1. The fourth-order valence-electron chi connectivity index (χ4n) is 4.24. The summed E-state index contributed by atoms with van der Waals surface area (Å²) in [5.41, 5.74) is 2.39. The third-order valence-corrected chi connectivity index (χ3v) is 8.67.